The predicted molar refractivity (Wildman–Crippen MR) is 65.5 cm³/mol. The largest absolute Gasteiger partial charge is 0.396 e. The van der Waals surface area contributed by atoms with Gasteiger partial charge in [-0.25, -0.2) is 4.98 Å². The van der Waals surface area contributed by atoms with Gasteiger partial charge in [0.05, 0.1) is 0 Å². The smallest absolute Gasteiger partial charge is 0.223 e. The summed E-state index contributed by atoms with van der Waals surface area (Å²) in [5, 5.41) is 12.5. The van der Waals surface area contributed by atoms with Crippen LogP contribution < -0.4 is 11.1 Å². The summed E-state index contributed by atoms with van der Waals surface area (Å²) in [6.45, 7) is 4.16. The summed E-state index contributed by atoms with van der Waals surface area (Å²) in [5.74, 6) is 0.716. The molecule has 0 amide bonds. The first-order valence-corrected chi connectivity index (χ1v) is 5.56. The lowest BCUT2D eigenvalue weighted by atomic mass is 9.95. The molecule has 1 atom stereocenters. The van der Waals surface area contributed by atoms with Gasteiger partial charge < -0.3 is 16.2 Å². The monoisotopic (exact) mass is 244 g/mol. The molecule has 4 N–H and O–H groups in total. The van der Waals surface area contributed by atoms with Crippen molar-refractivity contribution < 1.29 is 5.11 Å². The number of nitrogens with zero attached hydrogens (tertiary/aromatic N) is 2. The Morgan fingerprint density at radius 2 is 2.25 bits per heavy atom. The first-order chi connectivity index (χ1) is 7.49. The van der Waals surface area contributed by atoms with Gasteiger partial charge in [0.15, 0.2) is 0 Å². The molecular formula is C10H17ClN4O. The topological polar surface area (TPSA) is 84.1 Å². The van der Waals surface area contributed by atoms with Crippen LogP contribution in [0.25, 0.3) is 0 Å². The Kier molecular flexibility index (Phi) is 4.32. The molecular weight excluding hydrogens is 228 g/mol. The lowest BCUT2D eigenvalue weighted by molar-refractivity contribution is 0.252. The minimum absolute atomic E-state index is 0.117. The fraction of sp³-hybridized carbons (Fsp3) is 0.600. The van der Waals surface area contributed by atoms with Crippen molar-refractivity contribution in [3.63, 3.8) is 0 Å². The van der Waals surface area contributed by atoms with E-state index < -0.39 is 0 Å². The normalized spacial score (nSPS) is 14.5. The van der Waals surface area contributed by atoms with Crippen LogP contribution in [0.3, 0.4) is 0 Å². The van der Waals surface area contributed by atoms with Crippen molar-refractivity contribution in [1.82, 2.24) is 9.97 Å². The molecule has 0 radical (unpaired) electrons. The second-order valence-corrected chi connectivity index (χ2v) is 4.33. The summed E-state index contributed by atoms with van der Waals surface area (Å²) in [6, 6.07) is 1.61. The van der Waals surface area contributed by atoms with Gasteiger partial charge in [0, 0.05) is 18.2 Å². The molecule has 0 aliphatic carbocycles. The van der Waals surface area contributed by atoms with E-state index in [2.05, 4.69) is 15.3 Å². The molecule has 0 saturated carbocycles. The number of hydrogen-bond donors (Lipinski definition) is 3. The number of halogens is 1. The third-order valence-corrected chi connectivity index (χ3v) is 2.78. The van der Waals surface area contributed by atoms with Crippen molar-refractivity contribution in [1.29, 1.82) is 0 Å². The Morgan fingerprint density at radius 1 is 1.56 bits per heavy atom. The summed E-state index contributed by atoms with van der Waals surface area (Å²) in [7, 11) is 0. The van der Waals surface area contributed by atoms with E-state index in [1.54, 1.807) is 6.07 Å². The first kappa shape index (κ1) is 13.0. The van der Waals surface area contributed by atoms with Crippen LogP contribution in [0.2, 0.25) is 5.15 Å². The van der Waals surface area contributed by atoms with E-state index in [1.165, 1.54) is 0 Å². The molecule has 6 heteroatoms. The number of aromatic nitrogens is 2. The van der Waals surface area contributed by atoms with Crippen molar-refractivity contribution in [3.8, 4) is 0 Å². The molecule has 0 saturated heterocycles. The van der Waals surface area contributed by atoms with Crippen LogP contribution in [0.4, 0.5) is 11.8 Å². The molecule has 0 bridgehead atoms. The Bertz CT molecular complexity index is 340. The molecule has 0 aliphatic heterocycles. The molecule has 16 heavy (non-hydrogen) atoms. The molecule has 1 heterocycles. The van der Waals surface area contributed by atoms with Crippen LogP contribution in [-0.2, 0) is 0 Å². The third kappa shape index (κ3) is 3.50. The van der Waals surface area contributed by atoms with Crippen molar-refractivity contribution in [2.75, 3.05) is 17.7 Å². The van der Waals surface area contributed by atoms with Gasteiger partial charge in [0.1, 0.15) is 11.0 Å². The number of nitrogens with one attached hydrogen (secondary N) is 1. The van der Waals surface area contributed by atoms with E-state index in [1.807, 2.05) is 13.8 Å². The van der Waals surface area contributed by atoms with Crippen molar-refractivity contribution in [2.24, 2.45) is 0 Å². The molecule has 1 aromatic rings. The van der Waals surface area contributed by atoms with Crippen LogP contribution >= 0.6 is 11.6 Å². The fourth-order valence-electron chi connectivity index (χ4n) is 1.38. The molecule has 5 nitrogen and oxygen atoms in total. The summed E-state index contributed by atoms with van der Waals surface area (Å²) in [4.78, 5) is 7.82. The number of rotatable bonds is 5. The number of aliphatic hydroxyl groups excluding tert-OH is 1. The lowest BCUT2D eigenvalue weighted by Gasteiger charge is -2.29. The van der Waals surface area contributed by atoms with Crippen LogP contribution in [0.5, 0.6) is 0 Å². The predicted octanol–water partition coefficient (Wildman–Crippen LogP) is 1.68. The summed E-state index contributed by atoms with van der Waals surface area (Å²) < 4.78 is 0. The van der Waals surface area contributed by atoms with Crippen LogP contribution in [0.1, 0.15) is 26.7 Å². The second kappa shape index (κ2) is 5.32. The summed E-state index contributed by atoms with van der Waals surface area (Å²) in [6.07, 6.45) is 1.49. The highest BCUT2D eigenvalue weighted by Gasteiger charge is 2.21. The Labute approximate surface area is 100 Å². The van der Waals surface area contributed by atoms with Crippen LogP contribution in [-0.4, -0.2) is 27.2 Å². The minimum atomic E-state index is -0.223. The van der Waals surface area contributed by atoms with E-state index in [0.29, 0.717) is 17.4 Å². The van der Waals surface area contributed by atoms with Gasteiger partial charge >= 0.3 is 0 Å². The number of aliphatic hydroxyl groups is 1. The molecule has 1 rings (SSSR count). The van der Waals surface area contributed by atoms with Crippen molar-refractivity contribution >= 4 is 23.4 Å². The molecule has 90 valence electrons. The zero-order chi connectivity index (χ0) is 12.2. The Balaban J connectivity index is 2.85. The molecule has 1 unspecified atom stereocenters. The van der Waals surface area contributed by atoms with Crippen LogP contribution in [0, 0.1) is 0 Å². The maximum atomic E-state index is 9.00. The van der Waals surface area contributed by atoms with E-state index in [9.17, 15) is 0 Å². The van der Waals surface area contributed by atoms with Gasteiger partial charge in [0.25, 0.3) is 0 Å². The van der Waals surface area contributed by atoms with Gasteiger partial charge in [-0.05, 0) is 19.8 Å². The number of nitrogen functional groups attached to an aromatic ring is 1. The minimum Gasteiger partial charge on any atom is -0.396 e. The van der Waals surface area contributed by atoms with E-state index >= 15 is 0 Å². The van der Waals surface area contributed by atoms with Gasteiger partial charge in [-0.2, -0.15) is 4.98 Å². The van der Waals surface area contributed by atoms with Gasteiger partial charge in [-0.1, -0.05) is 18.5 Å². The first-order valence-electron chi connectivity index (χ1n) is 5.18. The lowest BCUT2D eigenvalue weighted by Crippen LogP contribution is -2.35. The zero-order valence-corrected chi connectivity index (χ0v) is 10.3. The second-order valence-electron chi connectivity index (χ2n) is 3.95. The standard InChI is InChI=1S/C10H17ClN4O/c1-3-10(2,4-5-16)15-8-6-7(11)13-9(12)14-8/h6,16H,3-5H2,1-2H3,(H3,12,13,14,15). The highest BCUT2D eigenvalue weighted by Crippen LogP contribution is 2.22. The molecule has 0 aliphatic rings. The summed E-state index contributed by atoms with van der Waals surface area (Å²) >= 11 is 5.78. The molecule has 0 aromatic carbocycles. The fourth-order valence-corrected chi connectivity index (χ4v) is 1.57. The van der Waals surface area contributed by atoms with Crippen molar-refractivity contribution in [2.45, 2.75) is 32.2 Å². The van der Waals surface area contributed by atoms with E-state index in [0.717, 1.165) is 6.42 Å². The van der Waals surface area contributed by atoms with Crippen molar-refractivity contribution in [3.05, 3.63) is 11.2 Å². The van der Waals surface area contributed by atoms with Gasteiger partial charge in [-0.15, -0.1) is 0 Å². The molecule has 0 fully saturated rings. The quantitative estimate of drug-likeness (QED) is 0.687. The SMILES string of the molecule is CCC(C)(CCO)Nc1cc(Cl)nc(N)n1. The van der Waals surface area contributed by atoms with Crippen LogP contribution in [0.15, 0.2) is 6.07 Å². The number of hydrogen-bond acceptors (Lipinski definition) is 5. The van der Waals surface area contributed by atoms with Gasteiger partial charge in [-0.3, -0.25) is 0 Å². The molecule has 0 spiro atoms. The Hall–Kier alpha value is -1.07. The van der Waals surface area contributed by atoms with E-state index in [-0.39, 0.29) is 18.1 Å². The summed E-state index contributed by atoms with van der Waals surface area (Å²) in [5.41, 5.74) is 5.27. The van der Waals surface area contributed by atoms with E-state index in [4.69, 9.17) is 22.4 Å². The number of anilines is 2. The average Bonchev–Trinajstić information content (AvgIpc) is 2.16. The zero-order valence-electron chi connectivity index (χ0n) is 9.50. The Morgan fingerprint density at radius 3 is 2.75 bits per heavy atom. The molecule has 1 aromatic heterocycles. The van der Waals surface area contributed by atoms with Gasteiger partial charge in [0.2, 0.25) is 5.95 Å². The highest BCUT2D eigenvalue weighted by molar-refractivity contribution is 6.29. The number of nitrogens with two attached hydrogens (primary N) is 1. The maximum Gasteiger partial charge on any atom is 0.223 e. The average molecular weight is 245 g/mol. The highest BCUT2D eigenvalue weighted by atomic mass is 35.5. The third-order valence-electron chi connectivity index (χ3n) is 2.59. The maximum absolute atomic E-state index is 9.00.